The number of H-pyrrole nitrogens is 1. The third-order valence-corrected chi connectivity index (χ3v) is 5.61. The zero-order valence-corrected chi connectivity index (χ0v) is 21.3. The van der Waals surface area contributed by atoms with Crippen LogP contribution in [0.3, 0.4) is 0 Å². The summed E-state index contributed by atoms with van der Waals surface area (Å²) in [6.07, 6.45) is 2.56. The molecule has 0 saturated carbocycles. The predicted molar refractivity (Wildman–Crippen MR) is 137 cm³/mol. The molecule has 4 atom stereocenters. The fourth-order valence-electron chi connectivity index (χ4n) is 3.71. The largest absolute Gasteiger partial charge is 0.480 e. The maximum atomic E-state index is 13.1. The van der Waals surface area contributed by atoms with E-state index < -0.39 is 60.2 Å². The number of aliphatic carboxylic acids is 1. The number of benzene rings is 1. The van der Waals surface area contributed by atoms with Crippen LogP contribution in [-0.2, 0) is 36.8 Å². The molecule has 0 aliphatic heterocycles. The summed E-state index contributed by atoms with van der Waals surface area (Å²) in [6, 6.07) is 4.32. The summed E-state index contributed by atoms with van der Waals surface area (Å²) in [6.45, 7) is 3.69. The van der Waals surface area contributed by atoms with Crippen molar-refractivity contribution in [3.63, 3.8) is 0 Å². The number of carbonyl (C=O) groups excluding carboxylic acids is 4. The van der Waals surface area contributed by atoms with Crippen molar-refractivity contribution in [3.05, 3.63) is 54.1 Å². The van der Waals surface area contributed by atoms with Crippen LogP contribution in [0, 0.1) is 5.92 Å². The molecule has 0 aliphatic rings. The minimum Gasteiger partial charge on any atom is -0.480 e. The second-order valence-corrected chi connectivity index (χ2v) is 9.40. The average Bonchev–Trinajstić information content (AvgIpc) is 3.35. The minimum atomic E-state index is -1.46. The Kier molecular flexibility index (Phi) is 11.4. The van der Waals surface area contributed by atoms with Gasteiger partial charge >= 0.3 is 5.97 Å². The molecule has 38 heavy (non-hydrogen) atoms. The number of carbonyl (C=O) groups is 5. The van der Waals surface area contributed by atoms with Crippen LogP contribution in [0.2, 0.25) is 0 Å². The summed E-state index contributed by atoms with van der Waals surface area (Å²) in [7, 11) is 0. The van der Waals surface area contributed by atoms with Gasteiger partial charge in [0.1, 0.15) is 18.1 Å². The predicted octanol–water partition coefficient (Wildman–Crippen LogP) is -1.02. The van der Waals surface area contributed by atoms with Gasteiger partial charge in [0.15, 0.2) is 0 Å². The summed E-state index contributed by atoms with van der Waals surface area (Å²) >= 11 is 0. The van der Waals surface area contributed by atoms with Crippen molar-refractivity contribution in [2.24, 2.45) is 17.4 Å². The maximum Gasteiger partial charge on any atom is 0.326 e. The lowest BCUT2D eigenvalue weighted by atomic mass is 10.0. The lowest BCUT2D eigenvalue weighted by molar-refractivity contribution is -0.142. The molecule has 1 aromatic carbocycles. The molecule has 0 spiro atoms. The van der Waals surface area contributed by atoms with Gasteiger partial charge in [0.2, 0.25) is 23.6 Å². The molecular weight excluding hydrogens is 494 g/mol. The lowest BCUT2D eigenvalue weighted by Crippen LogP contribution is -2.58. The molecule has 4 unspecified atom stereocenters. The van der Waals surface area contributed by atoms with Crippen LogP contribution >= 0.6 is 0 Å². The standard InChI is InChI=1S/C25H35N7O6/c1-14(2)8-18(30-22(34)17(26)9-15-6-4-3-5-7-15)23(35)31-19(11-21(27)33)24(36)32-20(25(37)38)10-16-12-28-13-29-16/h3-7,12-14,17-20H,8-11,26H2,1-2H3,(H2,27,33)(H,28,29)(H,30,34)(H,31,35)(H,32,36)(H,37,38). The Morgan fingerprint density at radius 3 is 2.08 bits per heavy atom. The first-order chi connectivity index (χ1) is 18.0. The number of rotatable bonds is 15. The maximum absolute atomic E-state index is 13.1. The summed E-state index contributed by atoms with van der Waals surface area (Å²) in [5.74, 6) is -4.45. The average molecular weight is 530 g/mol. The van der Waals surface area contributed by atoms with Gasteiger partial charge < -0.3 is 37.5 Å². The highest BCUT2D eigenvalue weighted by Crippen LogP contribution is 2.08. The number of carboxylic acids is 1. The van der Waals surface area contributed by atoms with Crippen LogP contribution in [0.1, 0.15) is 37.9 Å². The number of primary amides is 1. The fourth-order valence-corrected chi connectivity index (χ4v) is 3.71. The van der Waals surface area contributed by atoms with E-state index in [2.05, 4.69) is 25.9 Å². The van der Waals surface area contributed by atoms with Gasteiger partial charge in [-0.1, -0.05) is 44.2 Å². The van der Waals surface area contributed by atoms with Crippen molar-refractivity contribution in [3.8, 4) is 0 Å². The Bertz CT molecular complexity index is 1090. The molecule has 2 rings (SSSR count). The molecule has 0 radical (unpaired) electrons. The van der Waals surface area contributed by atoms with E-state index in [9.17, 15) is 29.1 Å². The van der Waals surface area contributed by atoms with Crippen LogP contribution < -0.4 is 27.4 Å². The number of nitrogens with zero attached hydrogens (tertiary/aromatic N) is 1. The monoisotopic (exact) mass is 529 g/mol. The summed E-state index contributed by atoms with van der Waals surface area (Å²) in [4.78, 5) is 68.7. The number of nitrogens with two attached hydrogens (primary N) is 2. The van der Waals surface area contributed by atoms with Crippen LogP contribution in [0.4, 0.5) is 0 Å². The van der Waals surface area contributed by atoms with Gasteiger partial charge in [0, 0.05) is 18.3 Å². The van der Waals surface area contributed by atoms with E-state index in [1.54, 1.807) is 0 Å². The second-order valence-electron chi connectivity index (χ2n) is 9.40. The van der Waals surface area contributed by atoms with Crippen molar-refractivity contribution < 1.29 is 29.1 Å². The summed E-state index contributed by atoms with van der Waals surface area (Å²) in [5, 5.41) is 16.9. The minimum absolute atomic E-state index is 0.0226. The van der Waals surface area contributed by atoms with Crippen LogP contribution in [0.25, 0.3) is 0 Å². The Morgan fingerprint density at radius 1 is 0.921 bits per heavy atom. The first kappa shape index (κ1) is 30.0. The van der Waals surface area contributed by atoms with E-state index in [1.165, 1.54) is 12.5 Å². The van der Waals surface area contributed by atoms with Crippen LogP contribution in [0.5, 0.6) is 0 Å². The number of hydrogen-bond donors (Lipinski definition) is 7. The molecule has 13 nitrogen and oxygen atoms in total. The Labute approximate surface area is 220 Å². The van der Waals surface area contributed by atoms with Gasteiger partial charge in [-0.2, -0.15) is 0 Å². The van der Waals surface area contributed by atoms with E-state index in [4.69, 9.17) is 11.5 Å². The highest BCUT2D eigenvalue weighted by molar-refractivity contribution is 5.96. The lowest BCUT2D eigenvalue weighted by Gasteiger charge is -2.25. The molecule has 0 saturated heterocycles. The third-order valence-electron chi connectivity index (χ3n) is 5.61. The zero-order valence-electron chi connectivity index (χ0n) is 21.3. The zero-order chi connectivity index (χ0) is 28.2. The SMILES string of the molecule is CC(C)CC(NC(=O)C(N)Cc1ccccc1)C(=O)NC(CC(N)=O)C(=O)NC(Cc1cnc[nH]1)C(=O)O. The van der Waals surface area contributed by atoms with Crippen LogP contribution in [0.15, 0.2) is 42.9 Å². The summed E-state index contributed by atoms with van der Waals surface area (Å²) < 4.78 is 0. The van der Waals surface area contributed by atoms with Crippen molar-refractivity contribution in [1.82, 2.24) is 25.9 Å². The molecule has 9 N–H and O–H groups in total. The normalized spacial score (nSPS) is 14.1. The number of amides is 4. The van der Waals surface area contributed by atoms with Crippen molar-refractivity contribution in [2.75, 3.05) is 0 Å². The van der Waals surface area contributed by atoms with E-state index in [0.717, 1.165) is 5.56 Å². The molecule has 206 valence electrons. The second kappa shape index (κ2) is 14.5. The highest BCUT2D eigenvalue weighted by atomic mass is 16.4. The van der Waals surface area contributed by atoms with E-state index >= 15 is 0 Å². The molecule has 2 aromatic rings. The van der Waals surface area contributed by atoms with Crippen molar-refractivity contribution in [1.29, 1.82) is 0 Å². The summed E-state index contributed by atoms with van der Waals surface area (Å²) in [5.41, 5.74) is 12.6. The molecule has 0 fully saturated rings. The number of hydrogen-bond acceptors (Lipinski definition) is 7. The van der Waals surface area contributed by atoms with Crippen LogP contribution in [-0.4, -0.2) is 68.8 Å². The Morgan fingerprint density at radius 2 is 1.53 bits per heavy atom. The van der Waals surface area contributed by atoms with Crippen molar-refractivity contribution in [2.45, 2.75) is 63.7 Å². The quantitative estimate of drug-likeness (QED) is 0.151. The molecule has 4 amide bonds. The molecule has 13 heteroatoms. The molecule has 0 bridgehead atoms. The van der Waals surface area contributed by atoms with Gasteiger partial charge in [0.05, 0.1) is 18.8 Å². The van der Waals surface area contributed by atoms with E-state index in [-0.39, 0.29) is 25.2 Å². The Hall–Kier alpha value is -4.26. The first-order valence-electron chi connectivity index (χ1n) is 12.1. The topological polar surface area (TPSA) is 222 Å². The number of imidazole rings is 1. The van der Waals surface area contributed by atoms with E-state index in [0.29, 0.717) is 5.69 Å². The van der Waals surface area contributed by atoms with Gasteiger partial charge in [-0.3, -0.25) is 19.2 Å². The Balaban J connectivity index is 2.11. The fraction of sp³-hybridized carbons (Fsp3) is 0.440. The number of aromatic amines is 1. The van der Waals surface area contributed by atoms with Gasteiger partial charge in [-0.05, 0) is 24.3 Å². The molecule has 1 heterocycles. The van der Waals surface area contributed by atoms with Crippen molar-refractivity contribution >= 4 is 29.6 Å². The van der Waals surface area contributed by atoms with E-state index in [1.807, 2.05) is 44.2 Å². The number of aromatic nitrogens is 2. The molecule has 0 aliphatic carbocycles. The highest BCUT2D eigenvalue weighted by Gasteiger charge is 2.31. The smallest absolute Gasteiger partial charge is 0.326 e. The van der Waals surface area contributed by atoms with Gasteiger partial charge in [0.25, 0.3) is 0 Å². The first-order valence-corrected chi connectivity index (χ1v) is 12.1. The molecular formula is C25H35N7O6. The number of carboxylic acid groups (broad SMARTS) is 1. The third kappa shape index (κ3) is 10.0. The number of nitrogens with one attached hydrogen (secondary N) is 4. The molecule has 1 aromatic heterocycles. The van der Waals surface area contributed by atoms with Gasteiger partial charge in [-0.25, -0.2) is 9.78 Å². The van der Waals surface area contributed by atoms with Gasteiger partial charge in [-0.15, -0.1) is 0 Å².